The summed E-state index contributed by atoms with van der Waals surface area (Å²) in [5.74, 6) is -2.76. The molecule has 28 heavy (non-hydrogen) atoms. The molecule has 4 nitrogen and oxygen atoms in total. The lowest BCUT2D eigenvalue weighted by Gasteiger charge is -2.34. The minimum atomic E-state index is -4.53. The van der Waals surface area contributed by atoms with E-state index in [1.807, 2.05) is 0 Å². The van der Waals surface area contributed by atoms with Crippen molar-refractivity contribution < 1.29 is 13.2 Å². The lowest BCUT2D eigenvalue weighted by Crippen LogP contribution is -2.37. The van der Waals surface area contributed by atoms with E-state index in [0.717, 1.165) is 12.3 Å². The summed E-state index contributed by atoms with van der Waals surface area (Å²) in [5, 5.41) is 8.43. The standard InChI is InChI=1S/C20H16ClF3N4/c21-17-12(7-4-8-15(17)20(22,23)24)16-13(9-25)18(11-5-2-1-3-6-11)28-19(27)14(16)10-26/h1-8,10,15-17H,26H2,(H2,27,28)/b14-10-. The van der Waals surface area contributed by atoms with E-state index < -0.39 is 23.4 Å². The second-order valence-electron chi connectivity index (χ2n) is 6.31. The van der Waals surface area contributed by atoms with Gasteiger partial charge in [-0.15, -0.1) is 11.6 Å². The zero-order valence-corrected chi connectivity index (χ0v) is 15.2. The fourth-order valence-corrected chi connectivity index (χ4v) is 3.79. The highest BCUT2D eigenvalue weighted by Gasteiger charge is 2.47. The number of alkyl halides is 4. The number of nitriles is 1. The maximum atomic E-state index is 13.4. The number of hydrogen-bond acceptors (Lipinski definition) is 4. The summed E-state index contributed by atoms with van der Waals surface area (Å²) in [4.78, 5) is 4.29. The molecule has 0 saturated carbocycles. The van der Waals surface area contributed by atoms with Crippen LogP contribution in [0.4, 0.5) is 13.2 Å². The highest BCUT2D eigenvalue weighted by atomic mass is 35.5. The van der Waals surface area contributed by atoms with Gasteiger partial charge >= 0.3 is 6.18 Å². The first-order chi connectivity index (χ1) is 13.3. The van der Waals surface area contributed by atoms with Crippen LogP contribution in [-0.4, -0.2) is 17.4 Å². The number of rotatable bonds is 2. The van der Waals surface area contributed by atoms with Gasteiger partial charge in [0.25, 0.3) is 0 Å². The molecule has 8 heteroatoms. The van der Waals surface area contributed by atoms with Gasteiger partial charge in [-0.05, 0) is 5.57 Å². The summed E-state index contributed by atoms with van der Waals surface area (Å²) in [6, 6.07) is 10.9. The Morgan fingerprint density at radius 3 is 2.46 bits per heavy atom. The van der Waals surface area contributed by atoms with Crippen LogP contribution in [0, 0.1) is 23.2 Å². The normalized spacial score (nSPS) is 26.7. The van der Waals surface area contributed by atoms with Crippen LogP contribution in [-0.2, 0) is 0 Å². The predicted molar refractivity (Wildman–Crippen MR) is 103 cm³/mol. The van der Waals surface area contributed by atoms with Crippen LogP contribution in [0.25, 0.3) is 5.70 Å². The van der Waals surface area contributed by atoms with Crippen molar-refractivity contribution in [2.45, 2.75) is 11.6 Å². The third kappa shape index (κ3) is 3.43. The van der Waals surface area contributed by atoms with Gasteiger partial charge in [0.2, 0.25) is 0 Å². The van der Waals surface area contributed by atoms with Crippen molar-refractivity contribution in [3.05, 3.63) is 77.0 Å². The minimum Gasteiger partial charge on any atom is -0.404 e. The van der Waals surface area contributed by atoms with Gasteiger partial charge in [0.05, 0.1) is 28.6 Å². The van der Waals surface area contributed by atoms with Crippen molar-refractivity contribution in [3.8, 4) is 6.07 Å². The van der Waals surface area contributed by atoms with Crippen molar-refractivity contribution in [1.29, 1.82) is 5.26 Å². The molecular formula is C20H16ClF3N4. The van der Waals surface area contributed by atoms with Crippen LogP contribution >= 0.6 is 11.6 Å². The summed E-state index contributed by atoms with van der Waals surface area (Å²) in [7, 11) is 0. The first-order valence-corrected chi connectivity index (χ1v) is 8.78. The molecule has 0 fully saturated rings. The Labute approximate surface area is 165 Å². The summed E-state index contributed by atoms with van der Waals surface area (Å²) in [6.45, 7) is 0. The number of nitrogens with two attached hydrogens (primary N) is 2. The summed E-state index contributed by atoms with van der Waals surface area (Å²) in [5.41, 5.74) is 13.2. The van der Waals surface area contributed by atoms with E-state index in [4.69, 9.17) is 23.1 Å². The molecular weight excluding hydrogens is 389 g/mol. The van der Waals surface area contributed by atoms with Crippen molar-refractivity contribution in [2.24, 2.45) is 28.3 Å². The minimum absolute atomic E-state index is 0.0354. The highest BCUT2D eigenvalue weighted by molar-refractivity contribution is 6.23. The van der Waals surface area contributed by atoms with Crippen molar-refractivity contribution in [2.75, 3.05) is 0 Å². The first kappa shape index (κ1) is 19.8. The molecule has 0 aromatic heterocycles. The second kappa shape index (κ2) is 7.56. The largest absolute Gasteiger partial charge is 0.404 e. The third-order valence-corrected chi connectivity index (χ3v) is 5.21. The number of halogens is 4. The topological polar surface area (TPSA) is 88.2 Å². The molecule has 0 saturated heterocycles. The van der Waals surface area contributed by atoms with Gasteiger partial charge in [-0.3, -0.25) is 0 Å². The molecule has 144 valence electrons. The van der Waals surface area contributed by atoms with Crippen LogP contribution < -0.4 is 11.5 Å². The van der Waals surface area contributed by atoms with Gasteiger partial charge in [-0.25, -0.2) is 4.99 Å². The average Bonchev–Trinajstić information content (AvgIpc) is 2.67. The Kier molecular flexibility index (Phi) is 5.34. The van der Waals surface area contributed by atoms with E-state index in [1.165, 1.54) is 12.2 Å². The number of aliphatic imine (C=N–C) groups is 1. The monoisotopic (exact) mass is 404 g/mol. The molecule has 1 heterocycles. The number of amidine groups is 1. The number of allylic oxidation sites excluding steroid dienone is 5. The van der Waals surface area contributed by atoms with E-state index >= 15 is 0 Å². The molecule has 3 rings (SSSR count). The molecule has 0 amide bonds. The fraction of sp³-hybridized carbons (Fsp3) is 0.200. The van der Waals surface area contributed by atoms with Gasteiger partial charge in [-0.1, -0.05) is 48.6 Å². The average molecular weight is 405 g/mol. The zero-order valence-electron chi connectivity index (χ0n) is 14.5. The van der Waals surface area contributed by atoms with E-state index in [2.05, 4.69) is 11.1 Å². The van der Waals surface area contributed by atoms with E-state index in [1.54, 1.807) is 30.3 Å². The SMILES string of the molecule is N#CC1=C(c2ccccc2)N=C(N)/C(=C\N)C1C1=CC=CC(C(F)(F)F)C1Cl. The van der Waals surface area contributed by atoms with Crippen LogP contribution in [0.2, 0.25) is 0 Å². The lowest BCUT2D eigenvalue weighted by molar-refractivity contribution is -0.160. The molecule has 1 aromatic rings. The van der Waals surface area contributed by atoms with Gasteiger partial charge in [0, 0.05) is 23.3 Å². The molecule has 4 N–H and O–H groups in total. The molecule has 3 atom stereocenters. The van der Waals surface area contributed by atoms with Gasteiger partial charge < -0.3 is 11.5 Å². The second-order valence-corrected chi connectivity index (χ2v) is 6.78. The Morgan fingerprint density at radius 1 is 1.21 bits per heavy atom. The Morgan fingerprint density at radius 2 is 1.89 bits per heavy atom. The van der Waals surface area contributed by atoms with E-state index in [0.29, 0.717) is 11.3 Å². The summed E-state index contributed by atoms with van der Waals surface area (Å²) < 4.78 is 40.1. The van der Waals surface area contributed by atoms with Crippen LogP contribution in [0.3, 0.4) is 0 Å². The maximum absolute atomic E-state index is 13.4. The molecule has 1 aromatic carbocycles. The maximum Gasteiger partial charge on any atom is 0.396 e. The molecule has 0 spiro atoms. The Hall–Kier alpha value is -2.98. The highest BCUT2D eigenvalue weighted by Crippen LogP contribution is 2.45. The fourth-order valence-electron chi connectivity index (χ4n) is 3.36. The lowest BCUT2D eigenvalue weighted by atomic mass is 9.75. The smallest absolute Gasteiger partial charge is 0.396 e. The third-order valence-electron chi connectivity index (χ3n) is 4.68. The molecule has 3 unspecified atom stereocenters. The first-order valence-electron chi connectivity index (χ1n) is 8.34. The number of hydrogen-bond donors (Lipinski definition) is 2. The molecule has 1 aliphatic heterocycles. The molecule has 0 bridgehead atoms. The van der Waals surface area contributed by atoms with Crippen molar-refractivity contribution >= 4 is 23.1 Å². The summed E-state index contributed by atoms with van der Waals surface area (Å²) >= 11 is 6.23. The number of nitrogens with zero attached hydrogens (tertiary/aromatic N) is 2. The van der Waals surface area contributed by atoms with Gasteiger partial charge in [0.1, 0.15) is 5.84 Å². The van der Waals surface area contributed by atoms with Gasteiger partial charge in [0.15, 0.2) is 0 Å². The van der Waals surface area contributed by atoms with Crippen LogP contribution in [0.1, 0.15) is 5.56 Å². The molecule has 2 aliphatic rings. The Balaban J connectivity index is 2.19. The summed E-state index contributed by atoms with van der Waals surface area (Å²) in [6.07, 6.45) is 0.406. The van der Waals surface area contributed by atoms with E-state index in [-0.39, 0.29) is 22.6 Å². The van der Waals surface area contributed by atoms with Gasteiger partial charge in [-0.2, -0.15) is 18.4 Å². The predicted octanol–water partition coefficient (Wildman–Crippen LogP) is 4.03. The zero-order chi connectivity index (χ0) is 20.5. The van der Waals surface area contributed by atoms with Crippen molar-refractivity contribution in [1.82, 2.24) is 0 Å². The number of benzene rings is 1. The van der Waals surface area contributed by atoms with E-state index in [9.17, 15) is 18.4 Å². The molecule has 1 aliphatic carbocycles. The molecule has 0 radical (unpaired) electrons. The van der Waals surface area contributed by atoms with Crippen molar-refractivity contribution in [3.63, 3.8) is 0 Å². The van der Waals surface area contributed by atoms with Crippen LogP contribution in [0.5, 0.6) is 0 Å². The Bertz CT molecular complexity index is 965. The quantitative estimate of drug-likeness (QED) is 0.729. The van der Waals surface area contributed by atoms with Crippen LogP contribution in [0.15, 0.2) is 76.5 Å².